The fourth-order valence-electron chi connectivity index (χ4n) is 2.34. The molecule has 0 amide bonds. The van der Waals surface area contributed by atoms with Crippen LogP contribution in [0.2, 0.25) is 0 Å². The van der Waals surface area contributed by atoms with Crippen molar-refractivity contribution in [1.82, 2.24) is 5.16 Å². The fourth-order valence-corrected chi connectivity index (χ4v) is 2.61. The molecule has 0 bridgehead atoms. The molecule has 2 aromatic carbocycles. The number of hydrogen-bond donors (Lipinski definition) is 0. The number of aromatic nitrogens is 1. The van der Waals surface area contributed by atoms with Crippen molar-refractivity contribution in [2.45, 2.75) is 19.4 Å². The van der Waals surface area contributed by atoms with Crippen LogP contribution in [0.15, 0.2) is 57.5 Å². The maximum Gasteiger partial charge on any atom is 0.312 e. The smallest absolute Gasteiger partial charge is 0.312 e. The number of rotatable bonds is 5. The lowest BCUT2D eigenvalue weighted by molar-refractivity contribution is -0.145. The first kappa shape index (κ1) is 16.4. The molecule has 0 fully saturated rings. The third kappa shape index (κ3) is 3.54. The van der Waals surface area contributed by atoms with Gasteiger partial charge in [0.2, 0.25) is 5.78 Å². The summed E-state index contributed by atoms with van der Waals surface area (Å²) in [7, 11) is 0. The molecule has 1 atom stereocenters. The molecule has 24 heavy (non-hydrogen) atoms. The van der Waals surface area contributed by atoms with Crippen LogP contribution in [-0.4, -0.2) is 23.0 Å². The van der Waals surface area contributed by atoms with Crippen LogP contribution >= 0.6 is 15.9 Å². The van der Waals surface area contributed by atoms with E-state index in [1.54, 1.807) is 37.3 Å². The van der Waals surface area contributed by atoms with Gasteiger partial charge < -0.3 is 9.26 Å². The third-order valence-corrected chi connectivity index (χ3v) is 4.10. The number of hydrogen-bond acceptors (Lipinski definition) is 5. The first-order chi connectivity index (χ1) is 11.5. The molecule has 3 aromatic rings. The second-order valence-corrected chi connectivity index (χ2v) is 6.22. The molecule has 6 heteroatoms. The summed E-state index contributed by atoms with van der Waals surface area (Å²) in [6.07, 6.45) is -0.911. The van der Waals surface area contributed by atoms with E-state index in [9.17, 15) is 9.59 Å². The van der Waals surface area contributed by atoms with Crippen LogP contribution in [0.1, 0.15) is 23.0 Å². The summed E-state index contributed by atoms with van der Waals surface area (Å²) in [5, 5.41) is 4.65. The van der Waals surface area contributed by atoms with Gasteiger partial charge in [-0.05, 0) is 31.2 Å². The van der Waals surface area contributed by atoms with E-state index in [1.165, 1.54) is 0 Å². The van der Waals surface area contributed by atoms with Gasteiger partial charge in [0.25, 0.3) is 0 Å². The minimum atomic E-state index is -0.864. The normalized spacial score (nSPS) is 12.1. The van der Waals surface area contributed by atoms with Crippen LogP contribution in [0.3, 0.4) is 0 Å². The Labute approximate surface area is 146 Å². The molecular weight excluding hydrogens is 374 g/mol. The molecule has 0 aliphatic carbocycles. The zero-order valence-corrected chi connectivity index (χ0v) is 14.4. The Morgan fingerprint density at radius 2 is 1.88 bits per heavy atom. The average molecular weight is 388 g/mol. The van der Waals surface area contributed by atoms with Crippen LogP contribution < -0.4 is 0 Å². The van der Waals surface area contributed by atoms with Crippen molar-refractivity contribution in [2.75, 3.05) is 0 Å². The number of halogens is 1. The molecule has 1 heterocycles. The minimum Gasteiger partial charge on any atom is -0.454 e. The van der Waals surface area contributed by atoms with Crippen molar-refractivity contribution < 1.29 is 18.8 Å². The van der Waals surface area contributed by atoms with Crippen molar-refractivity contribution in [3.63, 3.8) is 0 Å². The van der Waals surface area contributed by atoms with Crippen molar-refractivity contribution in [2.24, 2.45) is 0 Å². The number of para-hydroxylation sites is 1. The third-order valence-electron chi connectivity index (χ3n) is 3.57. The van der Waals surface area contributed by atoms with Crippen molar-refractivity contribution in [1.29, 1.82) is 0 Å². The molecule has 5 nitrogen and oxygen atoms in total. The molecule has 0 saturated heterocycles. The molecule has 0 aliphatic rings. The first-order valence-corrected chi connectivity index (χ1v) is 8.16. The predicted octanol–water partition coefficient (Wildman–Crippen LogP) is 3.95. The Balaban J connectivity index is 1.66. The highest BCUT2D eigenvalue weighted by Gasteiger charge is 2.21. The van der Waals surface area contributed by atoms with Gasteiger partial charge in [0, 0.05) is 15.4 Å². The summed E-state index contributed by atoms with van der Waals surface area (Å²) in [6, 6.07) is 14.2. The van der Waals surface area contributed by atoms with Crippen LogP contribution in [0.4, 0.5) is 0 Å². The number of nitrogens with zero attached hydrogens (tertiary/aromatic N) is 1. The topological polar surface area (TPSA) is 69.4 Å². The van der Waals surface area contributed by atoms with Crippen molar-refractivity contribution >= 4 is 38.7 Å². The summed E-state index contributed by atoms with van der Waals surface area (Å²) >= 11 is 3.31. The molecule has 0 spiro atoms. The highest BCUT2D eigenvalue weighted by molar-refractivity contribution is 9.10. The van der Waals surface area contributed by atoms with Gasteiger partial charge in [-0.25, -0.2) is 0 Å². The van der Waals surface area contributed by atoms with Gasteiger partial charge in [-0.1, -0.05) is 45.4 Å². The van der Waals surface area contributed by atoms with Gasteiger partial charge in [0.15, 0.2) is 11.7 Å². The van der Waals surface area contributed by atoms with E-state index in [-0.39, 0.29) is 12.2 Å². The molecule has 122 valence electrons. The van der Waals surface area contributed by atoms with E-state index in [0.717, 1.165) is 9.86 Å². The number of benzene rings is 2. The lowest BCUT2D eigenvalue weighted by Crippen LogP contribution is -2.25. The average Bonchev–Trinajstić information content (AvgIpc) is 2.98. The van der Waals surface area contributed by atoms with Crippen molar-refractivity contribution in [3.05, 3.63) is 64.3 Å². The van der Waals surface area contributed by atoms with Gasteiger partial charge in [0.1, 0.15) is 5.69 Å². The Hall–Kier alpha value is -2.47. The summed E-state index contributed by atoms with van der Waals surface area (Å²) in [4.78, 5) is 24.4. The van der Waals surface area contributed by atoms with E-state index < -0.39 is 12.1 Å². The largest absolute Gasteiger partial charge is 0.454 e. The second kappa shape index (κ2) is 6.97. The number of carbonyl (C=O) groups excluding carboxylic acids is 2. The monoisotopic (exact) mass is 387 g/mol. The van der Waals surface area contributed by atoms with E-state index in [2.05, 4.69) is 21.1 Å². The van der Waals surface area contributed by atoms with E-state index >= 15 is 0 Å². The molecule has 0 N–H and O–H groups in total. The zero-order chi connectivity index (χ0) is 17.1. The minimum absolute atomic E-state index is 0.0467. The van der Waals surface area contributed by atoms with Crippen molar-refractivity contribution in [3.8, 4) is 0 Å². The van der Waals surface area contributed by atoms with Gasteiger partial charge in [-0.15, -0.1) is 0 Å². The lowest BCUT2D eigenvalue weighted by Gasteiger charge is -2.12. The molecule has 0 unspecified atom stereocenters. The maximum atomic E-state index is 12.3. The molecule has 3 rings (SSSR count). The maximum absolute atomic E-state index is 12.3. The van der Waals surface area contributed by atoms with Crippen LogP contribution in [-0.2, 0) is 16.0 Å². The highest BCUT2D eigenvalue weighted by Crippen LogP contribution is 2.19. The fraction of sp³-hybridized carbons (Fsp3) is 0.167. The molecule has 0 saturated carbocycles. The van der Waals surface area contributed by atoms with E-state index in [4.69, 9.17) is 9.26 Å². The standard InChI is InChI=1S/C18H14BrNO4/c1-11(18(22)12-6-8-13(19)9-7-12)23-17(21)10-15-14-4-2-3-5-16(14)24-20-15/h2-9,11H,10H2,1H3/t11-/m1/s1. The SMILES string of the molecule is C[C@@H](OC(=O)Cc1noc2ccccc12)C(=O)c1ccc(Br)cc1. The second-order valence-electron chi connectivity index (χ2n) is 5.31. The van der Waals surface area contributed by atoms with Gasteiger partial charge in [-0.3, -0.25) is 9.59 Å². The lowest BCUT2D eigenvalue weighted by atomic mass is 10.1. The molecular formula is C18H14BrNO4. The molecule has 1 aromatic heterocycles. The zero-order valence-electron chi connectivity index (χ0n) is 12.9. The summed E-state index contributed by atoms with van der Waals surface area (Å²) in [6.45, 7) is 1.56. The molecule has 0 aliphatic heterocycles. The van der Waals surface area contributed by atoms with Gasteiger partial charge in [0.05, 0.1) is 6.42 Å². The summed E-state index contributed by atoms with van der Waals surface area (Å²) in [5.74, 6) is -0.770. The Morgan fingerprint density at radius 1 is 1.17 bits per heavy atom. The number of esters is 1. The summed E-state index contributed by atoms with van der Waals surface area (Å²) in [5.41, 5.74) is 1.60. The Kier molecular flexibility index (Phi) is 4.76. The number of ether oxygens (including phenoxy) is 1. The Morgan fingerprint density at radius 3 is 2.62 bits per heavy atom. The number of ketones is 1. The van der Waals surface area contributed by atoms with Gasteiger partial charge in [-0.2, -0.15) is 0 Å². The first-order valence-electron chi connectivity index (χ1n) is 7.37. The molecule has 0 radical (unpaired) electrons. The van der Waals surface area contributed by atoms with E-state index in [0.29, 0.717) is 16.8 Å². The highest BCUT2D eigenvalue weighted by atomic mass is 79.9. The quantitative estimate of drug-likeness (QED) is 0.489. The summed E-state index contributed by atoms with van der Waals surface area (Å²) < 4.78 is 11.3. The van der Waals surface area contributed by atoms with Crippen LogP contribution in [0.5, 0.6) is 0 Å². The predicted molar refractivity (Wildman–Crippen MR) is 91.7 cm³/mol. The van der Waals surface area contributed by atoms with Crippen LogP contribution in [0.25, 0.3) is 11.0 Å². The number of carbonyl (C=O) groups is 2. The van der Waals surface area contributed by atoms with Gasteiger partial charge >= 0.3 is 5.97 Å². The number of fused-ring (bicyclic) bond motifs is 1. The Bertz CT molecular complexity index is 885. The van der Waals surface area contributed by atoms with E-state index in [1.807, 2.05) is 18.2 Å². The number of Topliss-reactive ketones (excluding diaryl/α,β-unsaturated/α-hetero) is 1. The van der Waals surface area contributed by atoms with Crippen LogP contribution in [0, 0.1) is 0 Å².